The Morgan fingerprint density at radius 2 is 1.82 bits per heavy atom. The zero-order valence-corrected chi connectivity index (χ0v) is 12.9. The van der Waals surface area contributed by atoms with Gasteiger partial charge < -0.3 is 5.11 Å². The molecule has 0 saturated carbocycles. The Bertz CT molecular complexity index is 668. The Kier molecular flexibility index (Phi) is 5.24. The van der Waals surface area contributed by atoms with Gasteiger partial charge in [-0.25, -0.2) is 8.42 Å². The Morgan fingerprint density at radius 3 is 2.18 bits per heavy atom. The maximum Gasteiger partial charge on any atom is 0.416 e. The molecule has 0 amide bonds. The number of hydrogen-bond acceptors (Lipinski definition) is 3. The molecule has 0 saturated heterocycles. The average Bonchev–Trinajstić information content (AvgIpc) is 2.33. The fourth-order valence-electron chi connectivity index (χ4n) is 1.83. The predicted octanol–water partition coefficient (Wildman–Crippen LogP) is 2.40. The van der Waals surface area contributed by atoms with E-state index >= 15 is 0 Å². The second kappa shape index (κ2) is 6.25. The summed E-state index contributed by atoms with van der Waals surface area (Å²) in [5.74, 6) is -1.88. The normalized spacial score (nSPS) is 14.1. The summed E-state index contributed by atoms with van der Waals surface area (Å²) >= 11 is 0. The number of alkyl halides is 3. The number of benzene rings is 1. The van der Waals surface area contributed by atoms with Crippen LogP contribution in [0, 0.1) is 12.8 Å². The maximum absolute atomic E-state index is 12.6. The molecule has 1 atom stereocenters. The zero-order valence-electron chi connectivity index (χ0n) is 12.1. The van der Waals surface area contributed by atoms with Crippen LogP contribution in [0.4, 0.5) is 13.2 Å². The lowest BCUT2D eigenvalue weighted by Gasteiger charge is -2.19. The molecule has 22 heavy (non-hydrogen) atoms. The molecule has 0 heterocycles. The van der Waals surface area contributed by atoms with E-state index < -0.39 is 39.7 Å². The van der Waals surface area contributed by atoms with Crippen molar-refractivity contribution in [1.82, 2.24) is 4.72 Å². The lowest BCUT2D eigenvalue weighted by Crippen LogP contribution is -2.44. The monoisotopic (exact) mass is 339 g/mol. The summed E-state index contributed by atoms with van der Waals surface area (Å²) in [4.78, 5) is 10.7. The number of carboxylic acid groups (broad SMARTS) is 1. The highest BCUT2D eigenvalue weighted by molar-refractivity contribution is 7.89. The molecule has 1 aromatic rings. The van der Waals surface area contributed by atoms with Crippen molar-refractivity contribution in [3.8, 4) is 0 Å². The van der Waals surface area contributed by atoms with Crippen LogP contribution in [0.15, 0.2) is 23.1 Å². The largest absolute Gasteiger partial charge is 0.480 e. The van der Waals surface area contributed by atoms with Gasteiger partial charge in [0, 0.05) is 0 Å². The van der Waals surface area contributed by atoms with Crippen molar-refractivity contribution < 1.29 is 31.5 Å². The van der Waals surface area contributed by atoms with Crippen molar-refractivity contribution in [1.29, 1.82) is 0 Å². The van der Waals surface area contributed by atoms with Crippen molar-refractivity contribution in [2.75, 3.05) is 0 Å². The standard InChI is InChI=1S/C13H16F3NO4S/c1-7(2)11(12(18)19)17-22(20,21)10-5-4-9(6-8(10)3)13(14,15)16/h4-7,11,17H,1-3H3,(H,18,19). The molecular formula is C13H16F3NO4S. The van der Waals surface area contributed by atoms with E-state index in [1.54, 1.807) is 0 Å². The minimum atomic E-state index is -4.58. The van der Waals surface area contributed by atoms with Gasteiger partial charge in [0.1, 0.15) is 6.04 Å². The van der Waals surface area contributed by atoms with Gasteiger partial charge in [-0.05, 0) is 36.6 Å². The SMILES string of the molecule is Cc1cc(C(F)(F)F)ccc1S(=O)(=O)NC(C(=O)O)C(C)C. The first-order valence-corrected chi connectivity index (χ1v) is 7.77. The number of aliphatic carboxylic acids is 1. The van der Waals surface area contributed by atoms with Crippen LogP contribution < -0.4 is 4.72 Å². The summed E-state index contributed by atoms with van der Waals surface area (Å²) in [7, 11) is -4.24. The van der Waals surface area contributed by atoms with Crippen LogP contribution in [0.1, 0.15) is 25.0 Å². The number of nitrogens with one attached hydrogen (secondary N) is 1. The number of halogens is 3. The summed E-state index contributed by atoms with van der Waals surface area (Å²) in [6.45, 7) is 4.25. The summed E-state index contributed by atoms with van der Waals surface area (Å²) in [6.07, 6.45) is -4.58. The third kappa shape index (κ3) is 4.20. The van der Waals surface area contributed by atoms with E-state index in [-0.39, 0.29) is 10.5 Å². The van der Waals surface area contributed by atoms with Crippen molar-refractivity contribution in [3.63, 3.8) is 0 Å². The molecule has 0 aliphatic rings. The highest BCUT2D eigenvalue weighted by Gasteiger charge is 2.33. The van der Waals surface area contributed by atoms with Crippen LogP contribution in [0.5, 0.6) is 0 Å². The summed E-state index contributed by atoms with van der Waals surface area (Å²) in [5.41, 5.74) is -1.09. The molecule has 5 nitrogen and oxygen atoms in total. The third-order valence-corrected chi connectivity index (χ3v) is 4.61. The summed E-state index contributed by atoms with van der Waals surface area (Å²) in [6, 6.07) is 0.804. The number of aryl methyl sites for hydroxylation is 1. The fraction of sp³-hybridized carbons (Fsp3) is 0.462. The van der Waals surface area contributed by atoms with Gasteiger partial charge in [0.15, 0.2) is 0 Å². The van der Waals surface area contributed by atoms with E-state index in [9.17, 15) is 26.4 Å². The smallest absolute Gasteiger partial charge is 0.416 e. The molecule has 1 aromatic carbocycles. The van der Waals surface area contributed by atoms with Crippen LogP contribution in [0.25, 0.3) is 0 Å². The number of carboxylic acids is 1. The number of carbonyl (C=O) groups is 1. The lowest BCUT2D eigenvalue weighted by atomic mass is 10.1. The van der Waals surface area contributed by atoms with Gasteiger partial charge in [0.05, 0.1) is 10.5 Å². The van der Waals surface area contributed by atoms with Crippen LogP contribution in [-0.4, -0.2) is 25.5 Å². The van der Waals surface area contributed by atoms with E-state index in [1.165, 1.54) is 20.8 Å². The highest BCUT2D eigenvalue weighted by atomic mass is 32.2. The average molecular weight is 339 g/mol. The number of rotatable bonds is 5. The van der Waals surface area contributed by atoms with Crippen LogP contribution in [-0.2, 0) is 21.0 Å². The first-order chi connectivity index (χ1) is 9.86. The van der Waals surface area contributed by atoms with Crippen LogP contribution in [0.3, 0.4) is 0 Å². The molecule has 2 N–H and O–H groups in total. The van der Waals surface area contributed by atoms with Crippen LogP contribution >= 0.6 is 0 Å². The van der Waals surface area contributed by atoms with Gasteiger partial charge in [-0.2, -0.15) is 17.9 Å². The Morgan fingerprint density at radius 1 is 1.27 bits per heavy atom. The Hall–Kier alpha value is -1.61. The van der Waals surface area contributed by atoms with Crippen molar-refractivity contribution in [2.45, 2.75) is 37.9 Å². The Balaban J connectivity index is 3.21. The minimum absolute atomic E-state index is 0.116. The van der Waals surface area contributed by atoms with Gasteiger partial charge in [-0.3, -0.25) is 4.79 Å². The van der Waals surface area contributed by atoms with Gasteiger partial charge in [0.2, 0.25) is 10.0 Å². The quantitative estimate of drug-likeness (QED) is 0.863. The molecule has 1 rings (SSSR count). The van der Waals surface area contributed by atoms with Crippen molar-refractivity contribution in [3.05, 3.63) is 29.3 Å². The second-order valence-corrected chi connectivity index (χ2v) is 6.84. The number of hydrogen-bond donors (Lipinski definition) is 2. The van der Waals surface area contributed by atoms with E-state index in [1.807, 2.05) is 4.72 Å². The molecule has 9 heteroatoms. The van der Waals surface area contributed by atoms with E-state index in [0.717, 1.165) is 6.07 Å². The van der Waals surface area contributed by atoms with Crippen LogP contribution in [0.2, 0.25) is 0 Å². The first-order valence-electron chi connectivity index (χ1n) is 6.29. The predicted molar refractivity (Wildman–Crippen MR) is 72.8 cm³/mol. The van der Waals surface area contributed by atoms with Gasteiger partial charge >= 0.3 is 12.1 Å². The van der Waals surface area contributed by atoms with E-state index in [2.05, 4.69) is 0 Å². The molecule has 0 aliphatic heterocycles. The lowest BCUT2D eigenvalue weighted by molar-refractivity contribution is -0.140. The molecule has 0 aliphatic carbocycles. The van der Waals surface area contributed by atoms with Crippen molar-refractivity contribution >= 4 is 16.0 Å². The van der Waals surface area contributed by atoms with Gasteiger partial charge in [0.25, 0.3) is 0 Å². The van der Waals surface area contributed by atoms with Gasteiger partial charge in [-0.1, -0.05) is 13.8 Å². The summed E-state index contributed by atoms with van der Waals surface area (Å²) in [5, 5.41) is 9.00. The van der Waals surface area contributed by atoms with Gasteiger partial charge in [-0.15, -0.1) is 0 Å². The summed E-state index contributed by atoms with van der Waals surface area (Å²) < 4.78 is 64.1. The first kappa shape index (κ1) is 18.4. The minimum Gasteiger partial charge on any atom is -0.480 e. The highest BCUT2D eigenvalue weighted by Crippen LogP contribution is 2.31. The number of sulfonamides is 1. The zero-order chi connectivity index (χ0) is 17.3. The molecule has 0 aromatic heterocycles. The molecular weight excluding hydrogens is 323 g/mol. The van der Waals surface area contributed by atoms with Crippen molar-refractivity contribution in [2.24, 2.45) is 5.92 Å². The Labute approximate surface area is 126 Å². The molecule has 0 bridgehead atoms. The topological polar surface area (TPSA) is 83.5 Å². The molecule has 0 fully saturated rings. The molecule has 0 radical (unpaired) electrons. The third-order valence-electron chi connectivity index (χ3n) is 3.01. The molecule has 124 valence electrons. The fourth-order valence-corrected chi connectivity index (χ4v) is 3.39. The van der Waals surface area contributed by atoms with E-state index in [0.29, 0.717) is 12.1 Å². The van der Waals surface area contributed by atoms with E-state index in [4.69, 9.17) is 5.11 Å². The second-order valence-electron chi connectivity index (χ2n) is 5.16. The molecule has 0 spiro atoms. The maximum atomic E-state index is 12.6. The molecule has 1 unspecified atom stereocenters.